The summed E-state index contributed by atoms with van der Waals surface area (Å²) in [6, 6.07) is 9.32. The molecule has 2 aromatic rings. The van der Waals surface area contributed by atoms with E-state index in [1.54, 1.807) is 0 Å². The van der Waals surface area contributed by atoms with E-state index in [1.807, 2.05) is 0 Å². The van der Waals surface area contributed by atoms with E-state index < -0.39 is 18.5 Å². The minimum atomic E-state index is -4.83. The number of hydrogen-bond acceptors (Lipinski definition) is 1. The zero-order valence-electron chi connectivity index (χ0n) is 10.3. The molecule has 0 bridgehead atoms. The second-order valence-electron chi connectivity index (χ2n) is 4.08. The topological polar surface area (TPSA) is 9.23 Å². The molecule has 2 aromatic carbocycles. The van der Waals surface area contributed by atoms with E-state index in [0.29, 0.717) is 0 Å². The quantitative estimate of drug-likeness (QED) is 0.609. The predicted molar refractivity (Wildman–Crippen MR) is 71.2 cm³/mol. The van der Waals surface area contributed by atoms with Crippen molar-refractivity contribution in [2.75, 3.05) is 0 Å². The molecule has 0 heterocycles. The molecule has 0 radical (unpaired) electrons. The van der Waals surface area contributed by atoms with E-state index >= 15 is 0 Å². The molecule has 7 heteroatoms. The number of halogens is 6. The minimum absolute atomic E-state index is 0.145. The molecule has 0 aliphatic carbocycles. The van der Waals surface area contributed by atoms with Crippen LogP contribution in [0.25, 0.3) is 11.1 Å². The molecule has 112 valence electrons. The molecule has 0 fully saturated rings. The fourth-order valence-corrected chi connectivity index (χ4v) is 2.41. The first kappa shape index (κ1) is 15.8. The first-order chi connectivity index (χ1) is 9.78. The van der Waals surface area contributed by atoms with Crippen molar-refractivity contribution in [2.45, 2.75) is 12.8 Å². The van der Waals surface area contributed by atoms with Gasteiger partial charge in [-0.2, -0.15) is 0 Å². The van der Waals surface area contributed by atoms with Crippen molar-refractivity contribution in [3.8, 4) is 16.9 Å². The van der Waals surface area contributed by atoms with Crippen LogP contribution in [-0.2, 0) is 0 Å². The summed E-state index contributed by atoms with van der Waals surface area (Å²) in [6.45, 7) is 0. The summed E-state index contributed by atoms with van der Waals surface area (Å²) in [5.74, 6) is -0.458. The number of ether oxygens (including phenoxy) is 1. The lowest BCUT2D eigenvalue weighted by Crippen LogP contribution is -2.17. The molecule has 0 spiro atoms. The van der Waals surface area contributed by atoms with E-state index in [0.717, 1.165) is 12.1 Å². The van der Waals surface area contributed by atoms with Gasteiger partial charge in [0.1, 0.15) is 5.75 Å². The molecule has 1 nitrogen and oxygen atoms in total. The molecule has 0 saturated heterocycles. The summed E-state index contributed by atoms with van der Waals surface area (Å²) in [5, 5.41) is 0. The second-order valence-corrected chi connectivity index (χ2v) is 4.93. The monoisotopic (exact) mass is 366 g/mol. The van der Waals surface area contributed by atoms with Crippen molar-refractivity contribution in [1.29, 1.82) is 0 Å². The average Bonchev–Trinajstić information content (AvgIpc) is 2.36. The van der Waals surface area contributed by atoms with Gasteiger partial charge in [0.25, 0.3) is 6.43 Å². The van der Waals surface area contributed by atoms with Crippen LogP contribution >= 0.6 is 15.9 Å². The second kappa shape index (κ2) is 6.01. The van der Waals surface area contributed by atoms with Crippen LogP contribution in [0.4, 0.5) is 22.0 Å². The standard InChI is InChI=1S/C14H8BrF5O/c15-11-6-2-5-10(12(11)13(16)17)8-3-1-4-9(7-8)21-14(18,19)20/h1-7,13H. The van der Waals surface area contributed by atoms with Crippen LogP contribution in [0, 0.1) is 0 Å². The highest BCUT2D eigenvalue weighted by atomic mass is 79.9. The number of benzene rings is 2. The molecule has 0 saturated carbocycles. The van der Waals surface area contributed by atoms with Crippen molar-refractivity contribution in [1.82, 2.24) is 0 Å². The molecule has 0 unspecified atom stereocenters. The Morgan fingerprint density at radius 3 is 2.29 bits per heavy atom. The summed E-state index contributed by atoms with van der Waals surface area (Å²) in [4.78, 5) is 0. The first-order valence-electron chi connectivity index (χ1n) is 5.70. The van der Waals surface area contributed by atoms with Gasteiger partial charge in [-0.1, -0.05) is 40.2 Å². The van der Waals surface area contributed by atoms with E-state index in [1.165, 1.54) is 30.3 Å². The molecule has 0 atom stereocenters. The maximum Gasteiger partial charge on any atom is 0.573 e. The van der Waals surface area contributed by atoms with Crippen molar-refractivity contribution >= 4 is 15.9 Å². The number of hydrogen-bond donors (Lipinski definition) is 0. The highest BCUT2D eigenvalue weighted by molar-refractivity contribution is 9.10. The maximum atomic E-state index is 13.1. The van der Waals surface area contributed by atoms with Crippen LogP contribution < -0.4 is 4.74 Å². The van der Waals surface area contributed by atoms with Gasteiger partial charge in [-0.3, -0.25) is 0 Å². The largest absolute Gasteiger partial charge is 0.573 e. The van der Waals surface area contributed by atoms with Gasteiger partial charge >= 0.3 is 6.36 Å². The van der Waals surface area contributed by atoms with Gasteiger partial charge in [-0.25, -0.2) is 8.78 Å². The minimum Gasteiger partial charge on any atom is -0.406 e. The highest BCUT2D eigenvalue weighted by Crippen LogP contribution is 2.37. The van der Waals surface area contributed by atoms with Crippen molar-refractivity contribution in [3.63, 3.8) is 0 Å². The Balaban J connectivity index is 2.48. The van der Waals surface area contributed by atoms with Crippen LogP contribution in [0.15, 0.2) is 46.9 Å². The van der Waals surface area contributed by atoms with Gasteiger partial charge < -0.3 is 4.74 Å². The Hall–Kier alpha value is -1.63. The first-order valence-corrected chi connectivity index (χ1v) is 6.50. The fraction of sp³-hybridized carbons (Fsp3) is 0.143. The van der Waals surface area contributed by atoms with Gasteiger partial charge in [0.15, 0.2) is 0 Å². The molecule has 2 rings (SSSR count). The zero-order valence-corrected chi connectivity index (χ0v) is 11.9. The maximum absolute atomic E-state index is 13.1. The Morgan fingerprint density at radius 1 is 1.00 bits per heavy atom. The lowest BCUT2D eigenvalue weighted by molar-refractivity contribution is -0.274. The van der Waals surface area contributed by atoms with E-state index in [2.05, 4.69) is 20.7 Å². The SMILES string of the molecule is FC(F)c1c(Br)cccc1-c1cccc(OC(F)(F)F)c1. The van der Waals surface area contributed by atoms with Gasteiger partial charge in [-0.15, -0.1) is 13.2 Å². The van der Waals surface area contributed by atoms with Crippen LogP contribution in [0.3, 0.4) is 0 Å². The van der Waals surface area contributed by atoms with Crippen LogP contribution in [0.1, 0.15) is 12.0 Å². The third kappa shape index (κ3) is 3.93. The van der Waals surface area contributed by atoms with Crippen LogP contribution in [0.2, 0.25) is 0 Å². The smallest absolute Gasteiger partial charge is 0.406 e. The highest BCUT2D eigenvalue weighted by Gasteiger charge is 2.31. The summed E-state index contributed by atoms with van der Waals surface area (Å²) >= 11 is 3.02. The Bertz CT molecular complexity index is 640. The van der Waals surface area contributed by atoms with Gasteiger partial charge in [0.2, 0.25) is 0 Å². The van der Waals surface area contributed by atoms with Crippen molar-refractivity contribution in [3.05, 3.63) is 52.5 Å². The normalized spacial score (nSPS) is 11.8. The van der Waals surface area contributed by atoms with Gasteiger partial charge in [-0.05, 0) is 29.3 Å². The lowest BCUT2D eigenvalue weighted by atomic mass is 10.00. The fourth-order valence-electron chi connectivity index (χ4n) is 1.87. The van der Waals surface area contributed by atoms with Crippen LogP contribution in [-0.4, -0.2) is 6.36 Å². The Kier molecular flexibility index (Phi) is 4.51. The molecule has 21 heavy (non-hydrogen) atoms. The number of alkyl halides is 5. The lowest BCUT2D eigenvalue weighted by Gasteiger charge is -2.13. The van der Waals surface area contributed by atoms with Gasteiger partial charge in [0.05, 0.1) is 0 Å². The molecule has 0 aliphatic rings. The van der Waals surface area contributed by atoms with E-state index in [4.69, 9.17) is 0 Å². The number of rotatable bonds is 3. The summed E-state index contributed by atoms with van der Waals surface area (Å²) in [5.41, 5.74) is 0.0852. The third-order valence-corrected chi connectivity index (χ3v) is 3.34. The molecular formula is C14H8BrF5O. The molecular weight excluding hydrogens is 359 g/mol. The van der Waals surface area contributed by atoms with E-state index in [-0.39, 0.29) is 21.2 Å². The molecule has 0 aliphatic heterocycles. The molecule has 0 aromatic heterocycles. The third-order valence-electron chi connectivity index (χ3n) is 2.65. The zero-order chi connectivity index (χ0) is 15.6. The Labute approximate surface area is 125 Å². The summed E-state index contributed by atoms with van der Waals surface area (Å²) in [6.07, 6.45) is -7.59. The summed E-state index contributed by atoms with van der Waals surface area (Å²) in [7, 11) is 0. The summed E-state index contributed by atoms with van der Waals surface area (Å²) < 4.78 is 66.8. The average molecular weight is 367 g/mol. The van der Waals surface area contributed by atoms with Gasteiger partial charge in [0, 0.05) is 10.0 Å². The van der Waals surface area contributed by atoms with E-state index in [9.17, 15) is 22.0 Å². The molecule has 0 N–H and O–H groups in total. The Morgan fingerprint density at radius 2 is 1.67 bits per heavy atom. The van der Waals surface area contributed by atoms with Crippen molar-refractivity contribution in [2.24, 2.45) is 0 Å². The predicted octanol–water partition coefficient (Wildman–Crippen LogP) is 5.95. The van der Waals surface area contributed by atoms with Crippen molar-refractivity contribution < 1.29 is 26.7 Å². The van der Waals surface area contributed by atoms with Crippen LogP contribution in [0.5, 0.6) is 5.75 Å². The molecule has 0 amide bonds.